The van der Waals surface area contributed by atoms with Crippen LogP contribution in [0.3, 0.4) is 0 Å². The van der Waals surface area contributed by atoms with E-state index in [1.807, 2.05) is 17.8 Å². The van der Waals surface area contributed by atoms with Crippen LogP contribution in [0, 0.1) is 20.8 Å². The van der Waals surface area contributed by atoms with Crippen LogP contribution in [0.5, 0.6) is 0 Å². The molecule has 0 aliphatic heterocycles. The summed E-state index contributed by atoms with van der Waals surface area (Å²) in [5, 5.41) is 5.69. The molecule has 0 fully saturated rings. The predicted octanol–water partition coefficient (Wildman–Crippen LogP) is 4.11. The number of hydrogen-bond donors (Lipinski definition) is 0. The van der Waals surface area contributed by atoms with Gasteiger partial charge in [-0.15, -0.1) is 0 Å². The molecule has 4 heteroatoms. The van der Waals surface area contributed by atoms with Crippen LogP contribution in [0.2, 0.25) is 0 Å². The first-order valence-corrected chi connectivity index (χ1v) is 6.93. The van der Waals surface area contributed by atoms with Crippen molar-refractivity contribution in [2.45, 2.75) is 20.8 Å². The second kappa shape index (κ2) is 4.46. The standard InChI is InChI=1S/C15H14BrN3/c1-9-4-10(2)6-13(5-9)19-15-14(11(3)18-19)7-12(16)8-17-15/h4-8H,1-3H3. The van der Waals surface area contributed by atoms with Crippen molar-refractivity contribution >= 4 is 27.0 Å². The van der Waals surface area contributed by atoms with E-state index in [2.05, 4.69) is 64.1 Å². The molecule has 0 atom stereocenters. The number of rotatable bonds is 1. The summed E-state index contributed by atoms with van der Waals surface area (Å²) in [7, 11) is 0. The van der Waals surface area contributed by atoms with E-state index in [1.54, 1.807) is 0 Å². The van der Waals surface area contributed by atoms with Gasteiger partial charge in [0.25, 0.3) is 0 Å². The number of benzene rings is 1. The molecule has 3 rings (SSSR count). The zero-order chi connectivity index (χ0) is 13.6. The summed E-state index contributed by atoms with van der Waals surface area (Å²) in [5.74, 6) is 0. The highest BCUT2D eigenvalue weighted by Crippen LogP contribution is 2.24. The maximum absolute atomic E-state index is 4.62. The molecule has 0 saturated carbocycles. The molecular weight excluding hydrogens is 302 g/mol. The first kappa shape index (κ1) is 12.4. The number of hydrogen-bond acceptors (Lipinski definition) is 2. The minimum Gasteiger partial charge on any atom is -0.235 e. The normalized spacial score (nSPS) is 11.2. The maximum Gasteiger partial charge on any atom is 0.163 e. The second-order valence-corrected chi connectivity index (χ2v) is 5.78. The fraction of sp³-hybridized carbons (Fsp3) is 0.200. The van der Waals surface area contributed by atoms with Gasteiger partial charge in [-0.25, -0.2) is 9.67 Å². The van der Waals surface area contributed by atoms with E-state index in [9.17, 15) is 0 Å². The van der Waals surface area contributed by atoms with Gasteiger partial charge in [0, 0.05) is 16.1 Å². The van der Waals surface area contributed by atoms with E-state index >= 15 is 0 Å². The van der Waals surface area contributed by atoms with Crippen LogP contribution >= 0.6 is 15.9 Å². The summed E-state index contributed by atoms with van der Waals surface area (Å²) in [6.07, 6.45) is 1.81. The largest absolute Gasteiger partial charge is 0.235 e. The van der Waals surface area contributed by atoms with Crippen LogP contribution in [-0.2, 0) is 0 Å². The molecule has 0 amide bonds. The molecular formula is C15H14BrN3. The average Bonchev–Trinajstić information content (AvgIpc) is 2.65. The molecule has 0 N–H and O–H groups in total. The lowest BCUT2D eigenvalue weighted by molar-refractivity contribution is 0.875. The van der Waals surface area contributed by atoms with Crippen molar-refractivity contribution in [1.82, 2.24) is 14.8 Å². The van der Waals surface area contributed by atoms with Gasteiger partial charge in [-0.1, -0.05) is 6.07 Å². The number of pyridine rings is 1. The number of fused-ring (bicyclic) bond motifs is 1. The summed E-state index contributed by atoms with van der Waals surface area (Å²) in [4.78, 5) is 4.49. The molecule has 0 aliphatic carbocycles. The Labute approximate surface area is 120 Å². The van der Waals surface area contributed by atoms with Gasteiger partial charge in [0.2, 0.25) is 0 Å². The van der Waals surface area contributed by atoms with Crippen molar-refractivity contribution in [2.24, 2.45) is 0 Å². The SMILES string of the molecule is Cc1cc(C)cc(-n2nc(C)c3cc(Br)cnc32)c1. The van der Waals surface area contributed by atoms with Crippen molar-refractivity contribution in [3.05, 3.63) is 51.8 Å². The molecule has 0 spiro atoms. The highest BCUT2D eigenvalue weighted by Gasteiger charge is 2.11. The van der Waals surface area contributed by atoms with Crippen molar-refractivity contribution in [2.75, 3.05) is 0 Å². The second-order valence-electron chi connectivity index (χ2n) is 4.87. The lowest BCUT2D eigenvalue weighted by atomic mass is 10.1. The van der Waals surface area contributed by atoms with Gasteiger partial charge in [0.15, 0.2) is 5.65 Å². The average molecular weight is 316 g/mol. The van der Waals surface area contributed by atoms with Gasteiger partial charge < -0.3 is 0 Å². The molecule has 3 nitrogen and oxygen atoms in total. The third-order valence-electron chi connectivity index (χ3n) is 3.12. The molecule has 19 heavy (non-hydrogen) atoms. The van der Waals surface area contributed by atoms with E-state index < -0.39 is 0 Å². The lowest BCUT2D eigenvalue weighted by Gasteiger charge is -2.06. The third kappa shape index (κ3) is 2.16. The summed E-state index contributed by atoms with van der Waals surface area (Å²) in [6, 6.07) is 8.47. The molecule has 0 bridgehead atoms. The van der Waals surface area contributed by atoms with Crippen LogP contribution in [0.15, 0.2) is 34.9 Å². The summed E-state index contributed by atoms with van der Waals surface area (Å²) in [5.41, 5.74) is 5.40. The Balaban J connectivity index is 2.31. The molecule has 2 aromatic heterocycles. The molecule has 96 valence electrons. The smallest absolute Gasteiger partial charge is 0.163 e. The summed E-state index contributed by atoms with van der Waals surface area (Å²) in [6.45, 7) is 6.20. The van der Waals surface area contributed by atoms with E-state index in [1.165, 1.54) is 11.1 Å². The Morgan fingerprint density at radius 1 is 1.00 bits per heavy atom. The molecule has 2 heterocycles. The predicted molar refractivity (Wildman–Crippen MR) is 80.8 cm³/mol. The van der Waals surface area contributed by atoms with E-state index in [0.29, 0.717) is 0 Å². The minimum absolute atomic E-state index is 0.894. The summed E-state index contributed by atoms with van der Waals surface area (Å²) >= 11 is 3.46. The lowest BCUT2D eigenvalue weighted by Crippen LogP contribution is -1.99. The molecule has 0 radical (unpaired) electrons. The Kier molecular flexibility index (Phi) is 2.90. The number of nitrogens with zero attached hydrogens (tertiary/aromatic N) is 3. The Hall–Kier alpha value is -1.68. The van der Waals surface area contributed by atoms with Crippen molar-refractivity contribution in [1.29, 1.82) is 0 Å². The first-order chi connectivity index (χ1) is 9.04. The van der Waals surface area contributed by atoms with Gasteiger partial charge >= 0.3 is 0 Å². The zero-order valence-electron chi connectivity index (χ0n) is 11.1. The number of aryl methyl sites for hydroxylation is 3. The fourth-order valence-corrected chi connectivity index (χ4v) is 2.70. The van der Waals surface area contributed by atoms with Gasteiger partial charge in [0.1, 0.15) is 0 Å². The van der Waals surface area contributed by atoms with Gasteiger partial charge in [0.05, 0.1) is 11.4 Å². The van der Waals surface area contributed by atoms with Crippen molar-refractivity contribution in [3.8, 4) is 5.69 Å². The van der Waals surface area contributed by atoms with E-state index in [-0.39, 0.29) is 0 Å². The van der Waals surface area contributed by atoms with Crippen LogP contribution in [0.1, 0.15) is 16.8 Å². The van der Waals surface area contributed by atoms with Crippen LogP contribution in [-0.4, -0.2) is 14.8 Å². The molecule has 3 aromatic rings. The zero-order valence-corrected chi connectivity index (χ0v) is 12.7. The van der Waals surface area contributed by atoms with Gasteiger partial charge in [-0.3, -0.25) is 0 Å². The maximum atomic E-state index is 4.62. The van der Waals surface area contributed by atoms with E-state index in [4.69, 9.17) is 0 Å². The first-order valence-electron chi connectivity index (χ1n) is 6.14. The van der Waals surface area contributed by atoms with Crippen molar-refractivity contribution < 1.29 is 0 Å². The van der Waals surface area contributed by atoms with Gasteiger partial charge in [-0.2, -0.15) is 5.10 Å². The molecule has 0 unspecified atom stereocenters. The Morgan fingerprint density at radius 3 is 2.37 bits per heavy atom. The molecule has 1 aromatic carbocycles. The van der Waals surface area contributed by atoms with Gasteiger partial charge in [-0.05, 0) is 66.0 Å². The Morgan fingerprint density at radius 2 is 1.68 bits per heavy atom. The number of aromatic nitrogens is 3. The van der Waals surface area contributed by atoms with Crippen LogP contribution in [0.4, 0.5) is 0 Å². The molecule has 0 saturated heterocycles. The fourth-order valence-electron chi connectivity index (χ4n) is 2.37. The number of halogens is 1. The highest BCUT2D eigenvalue weighted by atomic mass is 79.9. The monoisotopic (exact) mass is 315 g/mol. The van der Waals surface area contributed by atoms with E-state index in [0.717, 1.165) is 26.9 Å². The summed E-state index contributed by atoms with van der Waals surface area (Å²) < 4.78 is 2.89. The topological polar surface area (TPSA) is 30.7 Å². The minimum atomic E-state index is 0.894. The van der Waals surface area contributed by atoms with Crippen molar-refractivity contribution in [3.63, 3.8) is 0 Å². The molecule has 0 aliphatic rings. The third-order valence-corrected chi connectivity index (χ3v) is 3.56. The quantitative estimate of drug-likeness (QED) is 0.676. The Bertz CT molecular complexity index is 754. The van der Waals surface area contributed by atoms with Crippen LogP contribution < -0.4 is 0 Å². The highest BCUT2D eigenvalue weighted by molar-refractivity contribution is 9.10. The van der Waals surface area contributed by atoms with Crippen LogP contribution in [0.25, 0.3) is 16.7 Å².